The molecule has 7 heterocycles. The number of hydrogen-bond acceptors (Lipinski definition) is 14. The summed E-state index contributed by atoms with van der Waals surface area (Å²) in [6, 6.07) is 57.2. The minimum atomic E-state index is -5.92. The van der Waals surface area contributed by atoms with E-state index in [0.29, 0.717) is 121 Å². The maximum Gasteiger partial charge on any atom is 0.430 e. The molecule has 1 fully saturated rings. The van der Waals surface area contributed by atoms with Crippen LogP contribution in [0, 0.1) is 6.92 Å². The number of aryl methyl sites for hydroxylation is 3. The van der Waals surface area contributed by atoms with E-state index in [1.165, 1.54) is 58.4 Å². The summed E-state index contributed by atoms with van der Waals surface area (Å²) in [6.45, 7) is 8.42. The standard InChI is InChI=1S/C21H22N4O.C21H23N3O2.C20H18F6N2O2.C20H18F6N2O.C19H16F6N2O2/c1-14-11-19(24-23-14)16-6-4-15(5-7-16)13-25-10-2-3-17-12-18(21(22)26)8-9-20(17)25;22-21(26)17-7-9-19-16(12-17)2-1-11-24(19)13-14-3-5-15(6-4-14)18-8-10-20(25)23-18;1-27-17(29)14-4-7-16-13(10-14)8-9-28(16)11-12-2-5-15(6-3-12)18(30,19(21,22)23)20(24,25)26;1-18(19(21,22)23,20(24,25)26)15-5-2-12(3-6-15)11-28-9-8-13-10-14(17(27)29)4-7-16(13)28;20-18(21,22)17(29,19(23,24)25)14-4-1-11(2-5-14)10-27-8-7-12-9-13(16(26)28)3-6-15(12)27/h4-9,11-12H,2-3,10,13H2,1H3,(H2,22,26)(H,23,24);3-7,9,12,18H,1-2,8,10-11,13H2,(H2,22,26)(H,23,25);2-7,10,30H,8-9,11H2,1H3,(H,27,29);2-7,10H,8-9,11H2,1H3,(H2,27,29);1-6,9,29H,7-8,10H2,(H2,26,28). The molecule has 17 rings (SSSR count). The molecule has 740 valence electrons. The second-order valence-electron chi connectivity index (χ2n) is 35.0. The predicted molar refractivity (Wildman–Crippen MR) is 489 cm³/mol. The molecule has 39 heteroatoms. The van der Waals surface area contributed by atoms with Gasteiger partial charge in [0.25, 0.3) is 17.1 Å². The number of carbonyl (C=O) groups is 6. The number of hydrogen-bond donors (Lipinski definition) is 9. The zero-order chi connectivity index (χ0) is 102. The highest BCUT2D eigenvalue weighted by Gasteiger charge is 2.73. The normalized spacial score (nSPS) is 15.3. The molecule has 6 aliphatic heterocycles. The summed E-state index contributed by atoms with van der Waals surface area (Å²) in [5, 5.41) is 31.7. The number of H-pyrrole nitrogens is 1. The van der Waals surface area contributed by atoms with E-state index in [-0.39, 0.29) is 49.7 Å². The fourth-order valence-electron chi connectivity index (χ4n) is 17.8. The number of aromatic amines is 1. The maximum atomic E-state index is 13.2. The van der Waals surface area contributed by atoms with Crippen LogP contribution in [0.1, 0.15) is 174 Å². The molecule has 10 aromatic carbocycles. The van der Waals surface area contributed by atoms with Gasteiger partial charge in [0.2, 0.25) is 29.5 Å². The van der Waals surface area contributed by atoms with Crippen LogP contribution in [0.4, 0.5) is 107 Å². The van der Waals surface area contributed by atoms with E-state index in [1.807, 2.05) is 64.1 Å². The van der Waals surface area contributed by atoms with Gasteiger partial charge in [-0.2, -0.15) is 84.1 Å². The van der Waals surface area contributed by atoms with Gasteiger partial charge < -0.3 is 68.3 Å². The molecule has 0 spiro atoms. The topological polar surface area (TPSA) is 316 Å². The molecule has 0 bridgehead atoms. The summed E-state index contributed by atoms with van der Waals surface area (Å²) >= 11 is 0. The van der Waals surface area contributed by atoms with Gasteiger partial charge in [-0.15, -0.1) is 0 Å². The highest BCUT2D eigenvalue weighted by atomic mass is 19.4. The van der Waals surface area contributed by atoms with Gasteiger partial charge in [-0.05, 0) is 229 Å². The lowest BCUT2D eigenvalue weighted by Gasteiger charge is -2.34. The summed E-state index contributed by atoms with van der Waals surface area (Å²) in [5.74, 6) is -1.94. The van der Waals surface area contributed by atoms with Crippen LogP contribution in [0.2, 0.25) is 0 Å². The van der Waals surface area contributed by atoms with E-state index in [4.69, 9.17) is 22.9 Å². The lowest BCUT2D eigenvalue weighted by atomic mass is 9.80. The van der Waals surface area contributed by atoms with Crippen molar-refractivity contribution in [3.05, 3.63) is 330 Å². The number of benzene rings is 10. The summed E-state index contributed by atoms with van der Waals surface area (Å²) in [7, 11) is 1.52. The van der Waals surface area contributed by atoms with Crippen molar-refractivity contribution in [2.24, 2.45) is 22.9 Å². The smallest absolute Gasteiger partial charge is 0.369 e. The highest BCUT2D eigenvalue weighted by Crippen LogP contribution is 2.54. The van der Waals surface area contributed by atoms with Crippen LogP contribution in [-0.2, 0) is 86.2 Å². The molecule has 13 N–H and O–H groups in total. The van der Waals surface area contributed by atoms with E-state index in [1.54, 1.807) is 54.6 Å². The number of amides is 6. The molecule has 21 nitrogen and oxygen atoms in total. The molecule has 1 unspecified atom stereocenters. The Balaban J connectivity index is 0.000000147. The van der Waals surface area contributed by atoms with Crippen molar-refractivity contribution in [2.75, 3.05) is 64.3 Å². The number of primary amides is 4. The minimum Gasteiger partial charge on any atom is -0.369 e. The third-order valence-corrected chi connectivity index (χ3v) is 25.7. The zero-order valence-corrected chi connectivity index (χ0v) is 75.4. The Morgan fingerprint density at radius 2 is 0.657 bits per heavy atom. The van der Waals surface area contributed by atoms with Gasteiger partial charge in [0, 0.05) is 158 Å². The Labute approximate surface area is 791 Å². The van der Waals surface area contributed by atoms with Gasteiger partial charge in [-0.3, -0.25) is 33.9 Å². The number of aromatic nitrogens is 2. The average Bonchev–Trinajstić information content (AvgIpc) is 1.02. The van der Waals surface area contributed by atoms with Gasteiger partial charge >= 0.3 is 37.1 Å². The summed E-state index contributed by atoms with van der Waals surface area (Å²) in [6.07, 6.45) is -27.1. The molecule has 1 atom stereocenters. The number of anilines is 5. The largest absolute Gasteiger partial charge is 0.430 e. The second kappa shape index (κ2) is 41.1. The first-order chi connectivity index (χ1) is 65.8. The van der Waals surface area contributed by atoms with E-state index in [9.17, 15) is 118 Å². The van der Waals surface area contributed by atoms with E-state index in [0.717, 1.165) is 145 Å². The fraction of sp³-hybridized carbons (Fsp3) is 0.317. The Morgan fingerprint density at radius 1 is 0.371 bits per heavy atom. The molecule has 1 saturated heterocycles. The number of nitrogens with zero attached hydrogens (tertiary/aromatic N) is 6. The molecule has 1 aromatic heterocycles. The Kier molecular flexibility index (Phi) is 30.3. The van der Waals surface area contributed by atoms with Crippen molar-refractivity contribution in [1.29, 1.82) is 0 Å². The van der Waals surface area contributed by atoms with Gasteiger partial charge in [0.1, 0.15) is 0 Å². The molecule has 0 saturated carbocycles. The molecule has 0 radical (unpaired) electrons. The quantitative estimate of drug-likeness (QED) is 0.0321. The Morgan fingerprint density at radius 3 is 0.936 bits per heavy atom. The first kappa shape index (κ1) is 103. The van der Waals surface area contributed by atoms with Crippen molar-refractivity contribution in [3.63, 3.8) is 0 Å². The Bertz CT molecular complexity index is 6150. The maximum absolute atomic E-state index is 13.2. The summed E-state index contributed by atoms with van der Waals surface area (Å²) in [4.78, 5) is 78.9. The monoisotopic (exact) mass is 1960 g/mol. The number of rotatable bonds is 20. The zero-order valence-electron chi connectivity index (χ0n) is 75.4. The van der Waals surface area contributed by atoms with Crippen molar-refractivity contribution in [2.45, 2.75) is 164 Å². The van der Waals surface area contributed by atoms with Gasteiger partial charge in [0.05, 0.1) is 11.7 Å². The lowest BCUT2D eigenvalue weighted by Crippen LogP contribution is -2.53. The third-order valence-electron chi connectivity index (χ3n) is 25.7. The van der Waals surface area contributed by atoms with Crippen LogP contribution in [0.25, 0.3) is 11.3 Å². The molecule has 6 aliphatic rings. The van der Waals surface area contributed by atoms with Gasteiger partial charge in [0.15, 0.2) is 5.41 Å². The van der Waals surface area contributed by atoms with Crippen molar-refractivity contribution in [1.82, 2.24) is 20.8 Å². The number of nitrogens with one attached hydrogen (secondary N) is 3. The Hall–Kier alpha value is -14.1. The summed E-state index contributed by atoms with van der Waals surface area (Å²) < 4.78 is 235. The average molecular weight is 1960 g/mol. The number of carbonyl (C=O) groups excluding carboxylic acids is 6. The highest BCUT2D eigenvalue weighted by molar-refractivity contribution is 5.97. The van der Waals surface area contributed by atoms with Crippen LogP contribution < -0.4 is 58.1 Å². The van der Waals surface area contributed by atoms with Gasteiger partial charge in [-0.25, -0.2) is 0 Å². The van der Waals surface area contributed by atoms with Crippen LogP contribution in [0.15, 0.2) is 218 Å². The lowest BCUT2D eigenvalue weighted by molar-refractivity contribution is -0.376. The number of aliphatic hydroxyl groups is 2. The predicted octanol–water partition coefficient (Wildman–Crippen LogP) is 18.4. The SMILES string of the molecule is CC(c1ccc(CN2CCc3cc(C(N)=O)ccc32)cc1)(C(F)(F)F)C(F)(F)F.CNC(=O)c1ccc2c(c1)CCN2Cc1ccc(C(O)(C(F)(F)F)C(F)(F)F)cc1.Cc1cc(-c2ccc(CN3CCCc4cc(C(N)=O)ccc43)cc2)n[nH]1.NC(=O)c1ccc2c(c1)CCCN2Cc1ccc(C2CCC(=O)N2)cc1.NC(=O)c1ccc2c(c1)CCN2Cc1ccc(C(O)(C(F)(F)F)C(F)(F)F)cc1. The number of halogens is 18. The molecule has 11 aromatic rings. The second-order valence-corrected chi connectivity index (χ2v) is 35.0. The van der Waals surface area contributed by atoms with Gasteiger partial charge in [-0.1, -0.05) is 121 Å². The molecular formula is C101H97F18N13O8. The van der Waals surface area contributed by atoms with Crippen LogP contribution in [0.3, 0.4) is 0 Å². The van der Waals surface area contributed by atoms with E-state index >= 15 is 0 Å². The number of alkyl halides is 18. The van der Waals surface area contributed by atoms with E-state index < -0.39 is 82.2 Å². The number of nitrogens with two attached hydrogens (primary N) is 4. The molecule has 6 amide bonds. The first-order valence-corrected chi connectivity index (χ1v) is 44.2. The molecule has 0 aliphatic carbocycles. The first-order valence-electron chi connectivity index (χ1n) is 44.2. The number of fused-ring (bicyclic) bond motifs is 5. The minimum absolute atomic E-state index is 0.138. The third kappa shape index (κ3) is 22.6. The van der Waals surface area contributed by atoms with Crippen LogP contribution in [0.5, 0.6) is 0 Å². The molecule has 140 heavy (non-hydrogen) atoms. The van der Waals surface area contributed by atoms with Crippen molar-refractivity contribution >= 4 is 63.9 Å². The van der Waals surface area contributed by atoms with Crippen LogP contribution in [-0.4, -0.2) is 133 Å². The van der Waals surface area contributed by atoms with Crippen LogP contribution >= 0.6 is 0 Å². The van der Waals surface area contributed by atoms with Crippen molar-refractivity contribution in [3.8, 4) is 11.3 Å². The molecular weight excluding hydrogens is 1870 g/mol. The van der Waals surface area contributed by atoms with E-state index in [2.05, 4.69) is 79.2 Å². The summed E-state index contributed by atoms with van der Waals surface area (Å²) in [5.41, 5.74) is 24.8. The fourth-order valence-corrected chi connectivity index (χ4v) is 17.8. The van der Waals surface area contributed by atoms with Crippen molar-refractivity contribution < 1.29 is 118 Å².